The maximum absolute atomic E-state index is 12.3. The summed E-state index contributed by atoms with van der Waals surface area (Å²) in [6, 6.07) is 6.46. The van der Waals surface area contributed by atoms with E-state index in [4.69, 9.17) is 4.74 Å². The van der Waals surface area contributed by atoms with E-state index in [1.807, 2.05) is 0 Å². The van der Waals surface area contributed by atoms with Crippen molar-refractivity contribution in [3.63, 3.8) is 0 Å². The highest BCUT2D eigenvalue weighted by Gasteiger charge is 2.84. The molecule has 3 N–H and O–H groups in total. The van der Waals surface area contributed by atoms with E-state index in [0.717, 1.165) is 17.4 Å². The van der Waals surface area contributed by atoms with Gasteiger partial charge in [-0.05, 0) is 77.9 Å². The van der Waals surface area contributed by atoms with Crippen molar-refractivity contribution in [1.82, 2.24) is 10.6 Å². The number of rotatable bonds is 7. The number of hydrogen-bond acceptors (Lipinski definition) is 3. The average molecular weight is 404 g/mol. The predicted octanol–water partition coefficient (Wildman–Crippen LogP) is 2.64. The second kappa shape index (κ2) is 6.06. The lowest BCUT2D eigenvalue weighted by Crippen LogP contribution is -2.59. The normalized spacial score (nSPS) is 44.4. The van der Waals surface area contributed by atoms with Crippen molar-refractivity contribution >= 4 is 6.03 Å². The summed E-state index contributed by atoms with van der Waals surface area (Å²) in [5.74, 6) is 5.59. The molecule has 5 saturated carbocycles. The molecule has 0 aromatic heterocycles. The van der Waals surface area contributed by atoms with Crippen molar-refractivity contribution in [3.05, 3.63) is 29.8 Å². The van der Waals surface area contributed by atoms with Gasteiger partial charge in [-0.25, -0.2) is 13.6 Å². The highest BCUT2D eigenvalue weighted by atomic mass is 19.3. The molecule has 5 aliphatic rings. The van der Waals surface area contributed by atoms with Crippen LogP contribution in [-0.4, -0.2) is 36.3 Å². The molecule has 0 aliphatic heterocycles. The van der Waals surface area contributed by atoms with E-state index in [2.05, 4.69) is 10.6 Å². The van der Waals surface area contributed by atoms with E-state index in [1.165, 1.54) is 12.8 Å². The van der Waals surface area contributed by atoms with Gasteiger partial charge in [-0.1, -0.05) is 12.1 Å². The maximum Gasteiger partial charge on any atom is 0.315 e. The molecule has 7 heteroatoms. The Morgan fingerprint density at radius 3 is 2.76 bits per heavy atom. The molecule has 5 nitrogen and oxygen atoms in total. The van der Waals surface area contributed by atoms with Crippen LogP contribution in [0.25, 0.3) is 0 Å². The van der Waals surface area contributed by atoms with Gasteiger partial charge in [0.05, 0.1) is 5.60 Å². The summed E-state index contributed by atoms with van der Waals surface area (Å²) in [6.45, 7) is -0.0568. The molecule has 5 fully saturated rings. The molecule has 5 aliphatic carbocycles. The van der Waals surface area contributed by atoms with Crippen molar-refractivity contribution in [3.8, 4) is 5.75 Å². The largest absolute Gasteiger partial charge is 0.488 e. The third-order valence-electron chi connectivity index (χ3n) is 8.78. The van der Waals surface area contributed by atoms with Crippen LogP contribution in [0.15, 0.2) is 24.3 Å². The third kappa shape index (κ3) is 2.36. The molecule has 1 aromatic rings. The van der Waals surface area contributed by atoms with E-state index in [9.17, 15) is 18.7 Å². The lowest BCUT2D eigenvalue weighted by Gasteiger charge is -2.51. The molecule has 0 saturated heterocycles. The molecule has 0 heterocycles. The summed E-state index contributed by atoms with van der Waals surface area (Å²) in [4.78, 5) is 12.3. The van der Waals surface area contributed by atoms with Gasteiger partial charge in [0.2, 0.25) is 0 Å². The molecule has 1 aromatic carbocycles. The molecule has 9 atom stereocenters. The van der Waals surface area contributed by atoms with Gasteiger partial charge in [0.1, 0.15) is 12.4 Å². The molecular formula is C22H26F2N2O3. The van der Waals surface area contributed by atoms with Crippen LogP contribution in [0, 0.1) is 47.3 Å². The van der Waals surface area contributed by atoms with Crippen LogP contribution in [0.4, 0.5) is 13.6 Å². The first-order valence-electron chi connectivity index (χ1n) is 10.7. The Balaban J connectivity index is 1.04. The predicted molar refractivity (Wildman–Crippen MR) is 100 cm³/mol. The Morgan fingerprint density at radius 1 is 1.14 bits per heavy atom. The van der Waals surface area contributed by atoms with Crippen molar-refractivity contribution in [1.29, 1.82) is 0 Å². The van der Waals surface area contributed by atoms with Crippen LogP contribution < -0.4 is 15.4 Å². The average Bonchev–Trinajstić information content (AvgIpc) is 3.22. The quantitative estimate of drug-likeness (QED) is 0.654. The van der Waals surface area contributed by atoms with Crippen molar-refractivity contribution in [2.45, 2.75) is 31.4 Å². The van der Waals surface area contributed by atoms with Crippen molar-refractivity contribution < 1.29 is 23.4 Å². The van der Waals surface area contributed by atoms with Gasteiger partial charge in [0.25, 0.3) is 6.43 Å². The number of amides is 2. The first kappa shape index (κ1) is 17.9. The van der Waals surface area contributed by atoms with Crippen molar-refractivity contribution in [2.75, 3.05) is 13.2 Å². The summed E-state index contributed by atoms with van der Waals surface area (Å²) in [5.41, 5.74) is 0.0386. The first-order chi connectivity index (χ1) is 14.0. The van der Waals surface area contributed by atoms with E-state index in [1.54, 1.807) is 24.3 Å². The fourth-order valence-electron chi connectivity index (χ4n) is 8.33. The lowest BCUT2D eigenvalue weighted by molar-refractivity contribution is -0.126. The number of aliphatic hydroxyl groups is 1. The number of ether oxygens (including phenoxy) is 1. The number of benzene rings is 1. The van der Waals surface area contributed by atoms with E-state index >= 15 is 0 Å². The molecule has 6 rings (SSSR count). The summed E-state index contributed by atoms with van der Waals surface area (Å²) in [6.07, 6.45) is 0.0815. The Bertz CT molecular complexity index is 845. The zero-order valence-electron chi connectivity index (χ0n) is 16.1. The summed E-state index contributed by atoms with van der Waals surface area (Å²) < 4.78 is 29.6. The fraction of sp³-hybridized carbons (Fsp3) is 0.682. The summed E-state index contributed by atoms with van der Waals surface area (Å²) >= 11 is 0. The number of fused-ring (bicyclic) bond motifs is 2. The van der Waals surface area contributed by atoms with Gasteiger partial charge >= 0.3 is 6.03 Å². The fourth-order valence-corrected chi connectivity index (χ4v) is 8.33. The van der Waals surface area contributed by atoms with Gasteiger partial charge in [0, 0.05) is 13.1 Å². The monoisotopic (exact) mass is 404 g/mol. The van der Waals surface area contributed by atoms with Gasteiger partial charge in [0.15, 0.2) is 0 Å². The van der Waals surface area contributed by atoms with Crippen LogP contribution in [0.3, 0.4) is 0 Å². The highest BCUT2D eigenvalue weighted by Crippen LogP contribution is 2.85. The number of hydrogen-bond donors (Lipinski definition) is 3. The second-order valence-corrected chi connectivity index (χ2v) is 9.71. The Morgan fingerprint density at radius 2 is 1.93 bits per heavy atom. The summed E-state index contributed by atoms with van der Waals surface area (Å²) in [7, 11) is 0. The molecule has 0 spiro atoms. The number of urea groups is 1. The Hall–Kier alpha value is -1.89. The first-order valence-corrected chi connectivity index (χ1v) is 10.7. The molecule has 9 unspecified atom stereocenters. The molecule has 0 radical (unpaired) electrons. The van der Waals surface area contributed by atoms with E-state index in [-0.39, 0.29) is 12.6 Å². The Kier molecular flexibility index (Phi) is 3.75. The van der Waals surface area contributed by atoms with Gasteiger partial charge in [-0.15, -0.1) is 0 Å². The number of halogens is 2. The highest BCUT2D eigenvalue weighted by molar-refractivity contribution is 5.74. The van der Waals surface area contributed by atoms with Crippen LogP contribution in [-0.2, 0) is 6.54 Å². The standard InChI is InChI=1S/C22H26F2N2O3/c23-16(24)8-29-11-3-1-2-10(4-11)7-25-21(27)26-9-22(28)19-13-6-14-17-12(13)5-15(19)18(17)20(14)22/h1-4,12-20,28H,5-9H2,(H2,25,26,27). The number of alkyl halides is 2. The Labute approximate surface area is 168 Å². The number of nitrogens with one attached hydrogen (secondary N) is 2. The van der Waals surface area contributed by atoms with E-state index in [0.29, 0.717) is 47.8 Å². The third-order valence-corrected chi connectivity index (χ3v) is 8.78. The van der Waals surface area contributed by atoms with Gasteiger partial charge < -0.3 is 20.5 Å². The van der Waals surface area contributed by atoms with Crippen molar-refractivity contribution in [2.24, 2.45) is 47.3 Å². The second-order valence-electron chi connectivity index (χ2n) is 9.71. The zero-order chi connectivity index (χ0) is 19.9. The topological polar surface area (TPSA) is 70.6 Å². The summed E-state index contributed by atoms with van der Waals surface area (Å²) in [5, 5.41) is 17.2. The minimum absolute atomic E-state index is 0.268. The van der Waals surface area contributed by atoms with Crippen LogP contribution in [0.5, 0.6) is 5.75 Å². The number of carbonyl (C=O) groups excluding carboxylic acids is 1. The van der Waals surface area contributed by atoms with Crippen LogP contribution in [0.2, 0.25) is 0 Å². The molecular weight excluding hydrogens is 378 g/mol. The molecule has 2 bridgehead atoms. The smallest absolute Gasteiger partial charge is 0.315 e. The molecule has 2 amide bonds. The van der Waals surface area contributed by atoms with Crippen LogP contribution in [0.1, 0.15) is 18.4 Å². The maximum atomic E-state index is 12.3. The SMILES string of the molecule is O=C(NCc1cccc(OCC(F)F)c1)NCC1(O)C2C3CC4C5C3CC2C5C41. The van der Waals surface area contributed by atoms with Gasteiger partial charge in [-0.2, -0.15) is 0 Å². The zero-order valence-corrected chi connectivity index (χ0v) is 16.1. The lowest BCUT2D eigenvalue weighted by atomic mass is 9.56. The molecule has 156 valence electrons. The minimum atomic E-state index is -2.52. The van der Waals surface area contributed by atoms with Gasteiger partial charge in [-0.3, -0.25) is 0 Å². The minimum Gasteiger partial charge on any atom is -0.488 e. The number of carbonyl (C=O) groups is 1. The van der Waals surface area contributed by atoms with E-state index < -0.39 is 18.6 Å². The molecule has 29 heavy (non-hydrogen) atoms. The van der Waals surface area contributed by atoms with Crippen LogP contribution >= 0.6 is 0 Å².